The number of hydrogen-bond donors (Lipinski definition) is 0. The maximum absolute atomic E-state index is 4.34. The Morgan fingerprint density at radius 3 is 2.40 bits per heavy atom. The second kappa shape index (κ2) is 6.72. The van der Waals surface area contributed by atoms with Gasteiger partial charge in [-0.2, -0.15) is 0 Å². The Balaban J connectivity index is 1.77. The summed E-state index contributed by atoms with van der Waals surface area (Å²) < 4.78 is 0. The van der Waals surface area contributed by atoms with Gasteiger partial charge in [-0.1, -0.05) is 59.6 Å². The molecule has 0 aromatic carbocycles. The van der Waals surface area contributed by atoms with Crippen LogP contribution < -0.4 is 0 Å². The Labute approximate surface area is 158 Å². The summed E-state index contributed by atoms with van der Waals surface area (Å²) in [4.78, 5) is 0. The van der Waals surface area contributed by atoms with Crippen LogP contribution in [0.25, 0.3) is 0 Å². The first kappa shape index (κ1) is 19.5. The molecule has 25 heavy (non-hydrogen) atoms. The van der Waals surface area contributed by atoms with Crippen molar-refractivity contribution in [3.63, 3.8) is 0 Å². The van der Waals surface area contributed by atoms with E-state index < -0.39 is 0 Å². The third kappa shape index (κ3) is 3.49. The van der Waals surface area contributed by atoms with Gasteiger partial charge in [0.2, 0.25) is 0 Å². The van der Waals surface area contributed by atoms with Crippen molar-refractivity contribution in [2.45, 2.75) is 106 Å². The molecule has 3 saturated carbocycles. The molecule has 0 radical (unpaired) electrons. The van der Waals surface area contributed by atoms with Crippen LogP contribution in [0.4, 0.5) is 0 Å². The number of fused-ring (bicyclic) bond motifs is 1. The molecule has 0 heterocycles. The predicted molar refractivity (Wildman–Crippen MR) is 111 cm³/mol. The molecule has 0 aromatic rings. The van der Waals surface area contributed by atoms with Crippen molar-refractivity contribution in [3.05, 3.63) is 12.2 Å². The average Bonchev–Trinajstić information content (AvgIpc) is 2.90. The van der Waals surface area contributed by atoms with E-state index in [0.717, 1.165) is 23.7 Å². The fraction of sp³-hybridized carbons (Fsp3) is 0.920. The standard InChI is InChI=1S/C25H44/c1-18(2)21-9-8-13-24(21,6)15-12-22-23(4,5)14-11-20-17-19(3)10-16-25(20,22)7/h19-22H,1,8-17H2,2-7H3. The van der Waals surface area contributed by atoms with Crippen LogP contribution >= 0.6 is 0 Å². The molecular weight excluding hydrogens is 300 g/mol. The number of hydrogen-bond acceptors (Lipinski definition) is 0. The smallest absolute Gasteiger partial charge is 0.0155 e. The molecule has 3 aliphatic rings. The van der Waals surface area contributed by atoms with E-state index in [-0.39, 0.29) is 0 Å². The summed E-state index contributed by atoms with van der Waals surface area (Å²) in [5, 5.41) is 0. The summed E-state index contributed by atoms with van der Waals surface area (Å²) in [5.74, 6) is 3.63. The molecule has 6 unspecified atom stereocenters. The van der Waals surface area contributed by atoms with Crippen LogP contribution in [0.15, 0.2) is 12.2 Å². The van der Waals surface area contributed by atoms with Crippen LogP contribution in [0.2, 0.25) is 0 Å². The molecule has 3 aliphatic carbocycles. The topological polar surface area (TPSA) is 0 Å². The molecule has 0 bridgehead atoms. The first-order chi connectivity index (χ1) is 11.6. The van der Waals surface area contributed by atoms with E-state index in [2.05, 4.69) is 48.1 Å². The average molecular weight is 345 g/mol. The second-order valence-corrected chi connectivity index (χ2v) is 11.6. The minimum absolute atomic E-state index is 0.521. The highest BCUT2D eigenvalue weighted by Crippen LogP contribution is 2.62. The summed E-state index contributed by atoms with van der Waals surface area (Å²) in [5.41, 5.74) is 3.09. The molecule has 0 amide bonds. The highest BCUT2D eigenvalue weighted by atomic mass is 14.6. The van der Waals surface area contributed by atoms with E-state index in [0.29, 0.717) is 16.2 Å². The molecule has 3 rings (SSSR count). The van der Waals surface area contributed by atoms with Crippen molar-refractivity contribution in [2.75, 3.05) is 0 Å². The van der Waals surface area contributed by atoms with Gasteiger partial charge in [0.25, 0.3) is 0 Å². The van der Waals surface area contributed by atoms with Crippen molar-refractivity contribution in [1.82, 2.24) is 0 Å². The van der Waals surface area contributed by atoms with Crippen LogP contribution in [-0.4, -0.2) is 0 Å². The van der Waals surface area contributed by atoms with Gasteiger partial charge in [-0.3, -0.25) is 0 Å². The van der Waals surface area contributed by atoms with Crippen LogP contribution in [0, 0.1) is 39.9 Å². The highest BCUT2D eigenvalue weighted by Gasteiger charge is 2.53. The SMILES string of the molecule is C=C(C)C1CCCC1(C)CCC1C(C)(C)CCC2CC(C)CCC21C. The van der Waals surface area contributed by atoms with Gasteiger partial charge in [0.1, 0.15) is 0 Å². The lowest BCUT2D eigenvalue weighted by Crippen LogP contribution is -2.50. The van der Waals surface area contributed by atoms with Gasteiger partial charge in [0.05, 0.1) is 0 Å². The van der Waals surface area contributed by atoms with Crippen LogP contribution in [0.3, 0.4) is 0 Å². The van der Waals surface area contributed by atoms with Crippen molar-refractivity contribution in [1.29, 1.82) is 0 Å². The first-order valence-corrected chi connectivity index (χ1v) is 11.2. The normalized spacial score (nSPS) is 46.6. The van der Waals surface area contributed by atoms with Gasteiger partial charge >= 0.3 is 0 Å². The van der Waals surface area contributed by atoms with Crippen LogP contribution in [0.5, 0.6) is 0 Å². The summed E-state index contributed by atoms with van der Waals surface area (Å²) in [6.45, 7) is 19.6. The Bertz CT molecular complexity index is 500. The van der Waals surface area contributed by atoms with E-state index in [1.807, 2.05) is 0 Å². The van der Waals surface area contributed by atoms with Gasteiger partial charge in [-0.05, 0) is 98.2 Å². The zero-order valence-corrected chi connectivity index (χ0v) is 18.1. The van der Waals surface area contributed by atoms with Gasteiger partial charge in [-0.25, -0.2) is 0 Å². The zero-order chi connectivity index (χ0) is 18.5. The molecule has 0 heteroatoms. The summed E-state index contributed by atoms with van der Waals surface area (Å²) >= 11 is 0. The summed E-state index contributed by atoms with van der Waals surface area (Å²) in [6, 6.07) is 0. The third-order valence-electron chi connectivity index (χ3n) is 9.35. The van der Waals surface area contributed by atoms with Crippen LogP contribution in [0.1, 0.15) is 106 Å². The van der Waals surface area contributed by atoms with Crippen molar-refractivity contribution in [3.8, 4) is 0 Å². The van der Waals surface area contributed by atoms with E-state index in [9.17, 15) is 0 Å². The maximum atomic E-state index is 4.34. The van der Waals surface area contributed by atoms with E-state index in [1.165, 1.54) is 69.8 Å². The maximum Gasteiger partial charge on any atom is -0.0155 e. The van der Waals surface area contributed by atoms with Gasteiger partial charge < -0.3 is 0 Å². The first-order valence-electron chi connectivity index (χ1n) is 11.2. The molecule has 6 atom stereocenters. The zero-order valence-electron chi connectivity index (χ0n) is 18.1. The van der Waals surface area contributed by atoms with Gasteiger partial charge in [0, 0.05) is 0 Å². The van der Waals surface area contributed by atoms with Crippen molar-refractivity contribution >= 4 is 0 Å². The predicted octanol–water partition coefficient (Wildman–Crippen LogP) is 8.03. The molecule has 3 fully saturated rings. The third-order valence-corrected chi connectivity index (χ3v) is 9.35. The Morgan fingerprint density at radius 1 is 1.00 bits per heavy atom. The molecular formula is C25H44. The fourth-order valence-electron chi connectivity index (χ4n) is 7.72. The van der Waals surface area contributed by atoms with Crippen molar-refractivity contribution < 1.29 is 0 Å². The molecule has 0 N–H and O–H groups in total. The Kier molecular flexibility index (Phi) is 5.24. The number of rotatable bonds is 4. The lowest BCUT2D eigenvalue weighted by atomic mass is 9.46. The molecule has 144 valence electrons. The van der Waals surface area contributed by atoms with Gasteiger partial charge in [-0.15, -0.1) is 0 Å². The number of allylic oxidation sites excluding steroid dienone is 1. The van der Waals surface area contributed by atoms with Crippen molar-refractivity contribution in [2.24, 2.45) is 39.9 Å². The highest BCUT2D eigenvalue weighted by molar-refractivity contribution is 5.08. The van der Waals surface area contributed by atoms with Gasteiger partial charge in [0.15, 0.2) is 0 Å². The second-order valence-electron chi connectivity index (χ2n) is 11.6. The lowest BCUT2D eigenvalue weighted by molar-refractivity contribution is -0.0906. The fourth-order valence-corrected chi connectivity index (χ4v) is 7.72. The Morgan fingerprint density at radius 2 is 1.72 bits per heavy atom. The molecule has 0 saturated heterocycles. The monoisotopic (exact) mass is 344 g/mol. The minimum Gasteiger partial charge on any atom is -0.0998 e. The minimum atomic E-state index is 0.521. The van der Waals surface area contributed by atoms with E-state index >= 15 is 0 Å². The largest absolute Gasteiger partial charge is 0.0998 e. The van der Waals surface area contributed by atoms with E-state index in [1.54, 1.807) is 0 Å². The molecule has 0 aromatic heterocycles. The summed E-state index contributed by atoms with van der Waals surface area (Å²) in [6.07, 6.45) is 14.5. The Hall–Kier alpha value is -0.260. The molecule has 0 nitrogen and oxygen atoms in total. The van der Waals surface area contributed by atoms with E-state index in [4.69, 9.17) is 0 Å². The molecule has 0 aliphatic heterocycles. The summed E-state index contributed by atoms with van der Waals surface area (Å²) in [7, 11) is 0. The van der Waals surface area contributed by atoms with Crippen LogP contribution in [-0.2, 0) is 0 Å². The quantitative estimate of drug-likeness (QED) is 0.453. The molecule has 0 spiro atoms. The lowest BCUT2D eigenvalue weighted by Gasteiger charge is -2.59.